The summed E-state index contributed by atoms with van der Waals surface area (Å²) in [6, 6.07) is 0. The third-order valence-electron chi connectivity index (χ3n) is 4.19. The van der Waals surface area contributed by atoms with Gasteiger partial charge in [0.2, 0.25) is 10.0 Å². The fourth-order valence-electron chi connectivity index (χ4n) is 3.07. The normalized spacial score (nSPS) is 23.2. The lowest BCUT2D eigenvalue weighted by Gasteiger charge is -2.29. The SMILES string of the molecule is CN=C(NCCNS(C)(=O)=O)N1CCC(CN2CCOCC2)C1.I. The van der Waals surface area contributed by atoms with Crippen LogP contribution in [-0.2, 0) is 14.8 Å². The number of sulfonamides is 1. The molecule has 2 fully saturated rings. The molecule has 0 aromatic rings. The predicted octanol–water partition coefficient (Wildman–Crippen LogP) is -0.617. The van der Waals surface area contributed by atoms with Gasteiger partial charge in [0.05, 0.1) is 19.5 Å². The van der Waals surface area contributed by atoms with Crippen LogP contribution in [0.5, 0.6) is 0 Å². The average molecular weight is 475 g/mol. The third kappa shape index (κ3) is 7.81. The first-order chi connectivity index (χ1) is 11.0. The Morgan fingerprint density at radius 1 is 1.25 bits per heavy atom. The molecule has 142 valence electrons. The van der Waals surface area contributed by atoms with E-state index in [2.05, 4.69) is 24.8 Å². The molecule has 1 atom stereocenters. The molecule has 2 saturated heterocycles. The predicted molar refractivity (Wildman–Crippen MR) is 107 cm³/mol. The zero-order chi connectivity index (χ0) is 16.7. The Hall–Kier alpha value is -0.170. The van der Waals surface area contributed by atoms with Crippen LogP contribution in [0.3, 0.4) is 0 Å². The van der Waals surface area contributed by atoms with Crippen molar-refractivity contribution in [1.29, 1.82) is 0 Å². The molecular weight excluding hydrogens is 445 g/mol. The topological polar surface area (TPSA) is 86.3 Å². The third-order valence-corrected chi connectivity index (χ3v) is 4.92. The number of hydrogen-bond donors (Lipinski definition) is 2. The minimum atomic E-state index is -3.13. The van der Waals surface area contributed by atoms with E-state index in [0.29, 0.717) is 19.0 Å². The summed E-state index contributed by atoms with van der Waals surface area (Å²) in [4.78, 5) is 9.04. The van der Waals surface area contributed by atoms with Gasteiger partial charge in [-0.15, -0.1) is 24.0 Å². The molecule has 0 bridgehead atoms. The molecule has 2 N–H and O–H groups in total. The Morgan fingerprint density at radius 2 is 1.96 bits per heavy atom. The molecule has 2 aliphatic heterocycles. The number of morpholine rings is 1. The number of nitrogens with zero attached hydrogens (tertiary/aromatic N) is 3. The number of hydrogen-bond acceptors (Lipinski definition) is 5. The van der Waals surface area contributed by atoms with Gasteiger partial charge in [-0.05, 0) is 12.3 Å². The van der Waals surface area contributed by atoms with Crippen molar-refractivity contribution in [3.8, 4) is 0 Å². The van der Waals surface area contributed by atoms with Crippen LogP contribution in [0.4, 0.5) is 0 Å². The highest BCUT2D eigenvalue weighted by molar-refractivity contribution is 14.0. The molecule has 2 heterocycles. The first-order valence-corrected chi connectivity index (χ1v) is 10.1. The maximum atomic E-state index is 11.0. The highest BCUT2D eigenvalue weighted by Crippen LogP contribution is 2.18. The molecule has 0 radical (unpaired) electrons. The molecule has 0 aromatic carbocycles. The van der Waals surface area contributed by atoms with Crippen molar-refractivity contribution in [2.24, 2.45) is 10.9 Å². The van der Waals surface area contributed by atoms with Crippen LogP contribution >= 0.6 is 24.0 Å². The zero-order valence-corrected chi connectivity index (χ0v) is 17.7. The molecule has 0 aliphatic carbocycles. The lowest BCUT2D eigenvalue weighted by atomic mass is 10.1. The van der Waals surface area contributed by atoms with Crippen LogP contribution < -0.4 is 10.0 Å². The van der Waals surface area contributed by atoms with Gasteiger partial charge in [-0.25, -0.2) is 13.1 Å². The monoisotopic (exact) mass is 475 g/mol. The van der Waals surface area contributed by atoms with Gasteiger partial charge in [0.1, 0.15) is 0 Å². The maximum Gasteiger partial charge on any atom is 0.208 e. The van der Waals surface area contributed by atoms with Crippen LogP contribution in [0.25, 0.3) is 0 Å². The van der Waals surface area contributed by atoms with Crippen molar-refractivity contribution in [2.75, 3.05) is 72.3 Å². The van der Waals surface area contributed by atoms with E-state index in [1.165, 1.54) is 12.7 Å². The minimum Gasteiger partial charge on any atom is -0.379 e. The maximum absolute atomic E-state index is 11.0. The molecule has 2 aliphatic rings. The number of likely N-dealkylation sites (tertiary alicyclic amines) is 1. The van der Waals surface area contributed by atoms with E-state index in [4.69, 9.17) is 4.74 Å². The summed E-state index contributed by atoms with van der Waals surface area (Å²) in [6.45, 7) is 7.74. The molecule has 1 unspecified atom stereocenters. The van der Waals surface area contributed by atoms with Crippen molar-refractivity contribution < 1.29 is 13.2 Å². The van der Waals surface area contributed by atoms with Gasteiger partial charge >= 0.3 is 0 Å². The van der Waals surface area contributed by atoms with E-state index < -0.39 is 10.0 Å². The van der Waals surface area contributed by atoms with Crippen molar-refractivity contribution in [2.45, 2.75) is 6.42 Å². The van der Waals surface area contributed by atoms with Crippen molar-refractivity contribution in [3.05, 3.63) is 0 Å². The van der Waals surface area contributed by atoms with Gasteiger partial charge in [0.15, 0.2) is 5.96 Å². The first-order valence-electron chi connectivity index (χ1n) is 8.18. The van der Waals surface area contributed by atoms with Crippen LogP contribution in [-0.4, -0.2) is 96.5 Å². The summed E-state index contributed by atoms with van der Waals surface area (Å²) in [6.07, 6.45) is 2.33. The molecular formula is C14H30IN5O3S. The second-order valence-corrected chi connectivity index (χ2v) is 7.99. The summed E-state index contributed by atoms with van der Waals surface area (Å²) in [5.74, 6) is 1.51. The lowest BCUT2D eigenvalue weighted by Crippen LogP contribution is -2.44. The summed E-state index contributed by atoms with van der Waals surface area (Å²) in [5, 5.41) is 3.22. The quantitative estimate of drug-likeness (QED) is 0.231. The van der Waals surface area contributed by atoms with E-state index >= 15 is 0 Å². The summed E-state index contributed by atoms with van der Waals surface area (Å²) in [5.41, 5.74) is 0. The second-order valence-electron chi connectivity index (χ2n) is 6.15. The second kappa shape index (κ2) is 10.7. The van der Waals surface area contributed by atoms with Crippen molar-refractivity contribution in [3.63, 3.8) is 0 Å². The Morgan fingerprint density at radius 3 is 2.58 bits per heavy atom. The molecule has 2 rings (SSSR count). The van der Waals surface area contributed by atoms with Crippen molar-refractivity contribution >= 4 is 40.0 Å². The highest BCUT2D eigenvalue weighted by atomic mass is 127. The number of guanidine groups is 1. The number of nitrogens with one attached hydrogen (secondary N) is 2. The van der Waals surface area contributed by atoms with E-state index in [1.54, 1.807) is 7.05 Å². The van der Waals surface area contributed by atoms with Gasteiger partial charge in [-0.2, -0.15) is 0 Å². The summed E-state index contributed by atoms with van der Waals surface area (Å²) >= 11 is 0. The standard InChI is InChI=1S/C14H29N5O3S.HI/c1-15-14(16-4-5-17-23(2,20)21)19-6-3-13(12-19)11-18-7-9-22-10-8-18;/h13,17H,3-12H2,1-2H3,(H,15,16);1H. The molecule has 24 heavy (non-hydrogen) atoms. The van der Waals surface area contributed by atoms with E-state index in [0.717, 1.165) is 51.9 Å². The Kier molecular flexibility index (Phi) is 9.79. The minimum absolute atomic E-state index is 0. The molecule has 0 aromatic heterocycles. The first kappa shape index (κ1) is 21.9. The van der Waals surface area contributed by atoms with Crippen molar-refractivity contribution in [1.82, 2.24) is 19.8 Å². The van der Waals surface area contributed by atoms with Gasteiger partial charge in [0.25, 0.3) is 0 Å². The summed E-state index contributed by atoms with van der Waals surface area (Å²) in [7, 11) is -1.37. The molecule has 0 saturated carbocycles. The number of rotatable bonds is 6. The van der Waals surface area contributed by atoms with Crippen LogP contribution in [0.2, 0.25) is 0 Å². The molecule has 0 amide bonds. The zero-order valence-electron chi connectivity index (χ0n) is 14.5. The fourth-order valence-corrected chi connectivity index (χ4v) is 3.54. The van der Waals surface area contributed by atoms with Gasteiger partial charge < -0.3 is 15.0 Å². The highest BCUT2D eigenvalue weighted by Gasteiger charge is 2.26. The van der Waals surface area contributed by atoms with E-state index in [-0.39, 0.29) is 24.0 Å². The Balaban J connectivity index is 0.00000288. The fraction of sp³-hybridized carbons (Fsp3) is 0.929. The van der Waals surface area contributed by atoms with Crippen LogP contribution in [0.15, 0.2) is 4.99 Å². The Bertz CT molecular complexity index is 497. The average Bonchev–Trinajstić information content (AvgIpc) is 2.95. The van der Waals surface area contributed by atoms with Crippen LogP contribution in [0, 0.1) is 5.92 Å². The largest absolute Gasteiger partial charge is 0.379 e. The smallest absolute Gasteiger partial charge is 0.208 e. The van der Waals surface area contributed by atoms with Gasteiger partial charge in [0, 0.05) is 52.9 Å². The Labute approximate surface area is 162 Å². The molecule has 8 nitrogen and oxygen atoms in total. The van der Waals surface area contributed by atoms with Gasteiger partial charge in [-0.3, -0.25) is 9.89 Å². The molecule has 10 heteroatoms. The number of halogens is 1. The lowest BCUT2D eigenvalue weighted by molar-refractivity contribution is 0.0315. The van der Waals surface area contributed by atoms with Crippen LogP contribution in [0.1, 0.15) is 6.42 Å². The number of ether oxygens (including phenoxy) is 1. The van der Waals surface area contributed by atoms with Gasteiger partial charge in [-0.1, -0.05) is 0 Å². The summed E-state index contributed by atoms with van der Waals surface area (Å²) < 4.78 is 29.9. The van der Waals surface area contributed by atoms with E-state index in [9.17, 15) is 8.42 Å². The van der Waals surface area contributed by atoms with E-state index in [1.807, 2.05) is 0 Å². The number of aliphatic imine (C=N–C) groups is 1. The molecule has 0 spiro atoms.